The summed E-state index contributed by atoms with van der Waals surface area (Å²) in [6.07, 6.45) is 10.6. The molecule has 3 rings (SSSR count). The summed E-state index contributed by atoms with van der Waals surface area (Å²) in [6.45, 7) is 2.65. The zero-order valence-electron chi connectivity index (χ0n) is 14.2. The first-order chi connectivity index (χ1) is 11.6. The summed E-state index contributed by atoms with van der Waals surface area (Å²) < 4.78 is 0. The van der Waals surface area contributed by atoms with Gasteiger partial charge in [-0.2, -0.15) is 0 Å². The first-order valence-corrected chi connectivity index (χ1v) is 9.05. The fourth-order valence-electron chi connectivity index (χ4n) is 3.81. The third-order valence-corrected chi connectivity index (χ3v) is 5.16. The quantitative estimate of drug-likeness (QED) is 0.791. The topological polar surface area (TPSA) is 77.5 Å². The monoisotopic (exact) mass is 332 g/mol. The lowest BCUT2D eigenvalue weighted by Gasteiger charge is -2.40. The molecule has 0 atom stereocenters. The predicted octanol–water partition coefficient (Wildman–Crippen LogP) is 2.36. The van der Waals surface area contributed by atoms with Crippen molar-refractivity contribution in [2.75, 3.05) is 25.0 Å². The third-order valence-electron chi connectivity index (χ3n) is 5.16. The van der Waals surface area contributed by atoms with Crippen LogP contribution in [0.25, 0.3) is 0 Å². The van der Waals surface area contributed by atoms with E-state index in [9.17, 15) is 9.90 Å². The number of rotatable bonds is 4. The molecule has 0 unspecified atom stereocenters. The molecular formula is C18H28N4O2. The van der Waals surface area contributed by atoms with Gasteiger partial charge in [-0.05, 0) is 37.8 Å². The smallest absolute Gasteiger partial charge is 0.319 e. The van der Waals surface area contributed by atoms with Crippen LogP contribution in [0.15, 0.2) is 24.5 Å². The van der Waals surface area contributed by atoms with Gasteiger partial charge >= 0.3 is 6.03 Å². The number of piperidine rings is 1. The van der Waals surface area contributed by atoms with Crippen LogP contribution >= 0.6 is 0 Å². The van der Waals surface area contributed by atoms with Gasteiger partial charge in [0.15, 0.2) is 0 Å². The highest BCUT2D eigenvalue weighted by molar-refractivity contribution is 5.89. The number of pyridine rings is 1. The Morgan fingerprint density at radius 2 is 1.88 bits per heavy atom. The summed E-state index contributed by atoms with van der Waals surface area (Å²) in [4.78, 5) is 18.3. The van der Waals surface area contributed by atoms with E-state index >= 15 is 0 Å². The van der Waals surface area contributed by atoms with Crippen LogP contribution in [0.2, 0.25) is 0 Å². The van der Waals surface area contributed by atoms with Crippen molar-refractivity contribution >= 4 is 11.7 Å². The second-order valence-electron chi connectivity index (χ2n) is 7.17. The van der Waals surface area contributed by atoms with E-state index in [2.05, 4.69) is 20.5 Å². The molecule has 1 aliphatic heterocycles. The number of hydrogen-bond acceptors (Lipinski definition) is 4. The summed E-state index contributed by atoms with van der Waals surface area (Å²) >= 11 is 0. The minimum absolute atomic E-state index is 0.162. The Hall–Kier alpha value is -1.66. The Labute approximate surface area is 143 Å². The van der Waals surface area contributed by atoms with Gasteiger partial charge in [-0.15, -0.1) is 0 Å². The van der Waals surface area contributed by atoms with E-state index in [0.29, 0.717) is 0 Å². The number of nitrogens with zero attached hydrogens (tertiary/aromatic N) is 2. The maximum absolute atomic E-state index is 12.0. The normalized spacial score (nSPS) is 22.0. The van der Waals surface area contributed by atoms with Crippen molar-refractivity contribution in [3.05, 3.63) is 24.5 Å². The highest BCUT2D eigenvalue weighted by atomic mass is 16.3. The number of β-amino-alcohol motifs (C(OH)–C–C–N with tert-alkyl or cyclic N) is 1. The van der Waals surface area contributed by atoms with Crippen LogP contribution in [-0.4, -0.2) is 52.3 Å². The molecule has 2 fully saturated rings. The molecule has 2 amide bonds. The second kappa shape index (κ2) is 7.94. The predicted molar refractivity (Wildman–Crippen MR) is 93.9 cm³/mol. The number of nitrogens with one attached hydrogen (secondary N) is 2. The largest absolute Gasteiger partial charge is 0.389 e. The van der Waals surface area contributed by atoms with Crippen molar-refractivity contribution in [1.29, 1.82) is 0 Å². The first kappa shape index (κ1) is 17.2. The van der Waals surface area contributed by atoms with E-state index in [-0.39, 0.29) is 12.1 Å². The third kappa shape index (κ3) is 4.92. The molecule has 132 valence electrons. The molecule has 0 aromatic carbocycles. The maximum atomic E-state index is 12.0. The van der Waals surface area contributed by atoms with Gasteiger partial charge in [0.05, 0.1) is 5.60 Å². The van der Waals surface area contributed by atoms with Crippen LogP contribution < -0.4 is 10.6 Å². The summed E-state index contributed by atoms with van der Waals surface area (Å²) in [6, 6.07) is 3.58. The number of urea groups is 1. The Bertz CT molecular complexity index is 523. The van der Waals surface area contributed by atoms with E-state index in [4.69, 9.17) is 0 Å². The lowest BCUT2D eigenvalue weighted by atomic mass is 9.84. The van der Waals surface area contributed by atoms with E-state index in [0.717, 1.165) is 63.8 Å². The molecule has 24 heavy (non-hydrogen) atoms. The van der Waals surface area contributed by atoms with E-state index in [1.807, 2.05) is 0 Å². The van der Waals surface area contributed by atoms with Crippen LogP contribution in [0.5, 0.6) is 0 Å². The number of aliphatic hydroxyl groups is 1. The first-order valence-electron chi connectivity index (χ1n) is 9.05. The van der Waals surface area contributed by atoms with Crippen LogP contribution in [0.1, 0.15) is 44.9 Å². The van der Waals surface area contributed by atoms with Gasteiger partial charge in [-0.25, -0.2) is 4.79 Å². The lowest BCUT2D eigenvalue weighted by molar-refractivity contribution is -0.0310. The van der Waals surface area contributed by atoms with Gasteiger partial charge in [-0.1, -0.05) is 19.3 Å². The molecule has 1 aliphatic carbocycles. The van der Waals surface area contributed by atoms with Crippen LogP contribution in [0.3, 0.4) is 0 Å². The number of carbonyl (C=O) groups is 1. The highest BCUT2D eigenvalue weighted by Crippen LogP contribution is 2.29. The Morgan fingerprint density at radius 1 is 1.21 bits per heavy atom. The molecule has 3 N–H and O–H groups in total. The number of aromatic nitrogens is 1. The minimum Gasteiger partial charge on any atom is -0.389 e. The zero-order chi connectivity index (χ0) is 16.8. The van der Waals surface area contributed by atoms with Crippen LogP contribution in [0, 0.1) is 0 Å². The molecule has 2 aliphatic rings. The van der Waals surface area contributed by atoms with Crippen molar-refractivity contribution in [1.82, 2.24) is 15.2 Å². The average Bonchev–Trinajstić information content (AvgIpc) is 2.58. The summed E-state index contributed by atoms with van der Waals surface area (Å²) in [7, 11) is 0. The maximum Gasteiger partial charge on any atom is 0.319 e. The molecule has 1 saturated carbocycles. The summed E-state index contributed by atoms with van der Waals surface area (Å²) in [5, 5.41) is 16.5. The molecule has 2 heterocycles. The van der Waals surface area contributed by atoms with Gasteiger partial charge in [0.25, 0.3) is 0 Å². The van der Waals surface area contributed by atoms with Crippen LogP contribution in [0.4, 0.5) is 10.5 Å². The molecule has 0 bridgehead atoms. The second-order valence-corrected chi connectivity index (χ2v) is 7.17. The van der Waals surface area contributed by atoms with E-state index < -0.39 is 5.60 Å². The molecule has 0 spiro atoms. The Kier molecular flexibility index (Phi) is 5.68. The lowest BCUT2D eigenvalue weighted by Crippen LogP contribution is -2.50. The van der Waals surface area contributed by atoms with Crippen molar-refractivity contribution in [2.45, 2.75) is 56.6 Å². The number of carbonyl (C=O) groups excluding carboxylic acids is 1. The minimum atomic E-state index is -0.489. The SMILES string of the molecule is O=C(Nc1ccncc1)NC1CCN(CC2(O)CCCCC2)CC1. The fraction of sp³-hybridized carbons (Fsp3) is 0.667. The van der Waals surface area contributed by atoms with Crippen molar-refractivity contribution in [3.63, 3.8) is 0 Å². The Balaban J connectivity index is 1.39. The zero-order valence-corrected chi connectivity index (χ0v) is 14.2. The van der Waals surface area contributed by atoms with E-state index in [1.165, 1.54) is 6.42 Å². The van der Waals surface area contributed by atoms with Gasteiger partial charge in [0.2, 0.25) is 0 Å². The van der Waals surface area contributed by atoms with Crippen LogP contribution in [-0.2, 0) is 0 Å². The van der Waals surface area contributed by atoms with Gasteiger partial charge in [0, 0.05) is 43.8 Å². The van der Waals surface area contributed by atoms with E-state index in [1.54, 1.807) is 24.5 Å². The highest BCUT2D eigenvalue weighted by Gasteiger charge is 2.32. The fourth-order valence-corrected chi connectivity index (χ4v) is 3.81. The van der Waals surface area contributed by atoms with Gasteiger partial charge in [-0.3, -0.25) is 4.98 Å². The molecule has 0 radical (unpaired) electrons. The number of anilines is 1. The number of amides is 2. The summed E-state index contributed by atoms with van der Waals surface area (Å²) in [5.41, 5.74) is 0.261. The van der Waals surface area contributed by atoms with Crippen molar-refractivity contribution in [3.8, 4) is 0 Å². The average molecular weight is 332 g/mol. The molecule has 1 aromatic rings. The summed E-state index contributed by atoms with van der Waals surface area (Å²) in [5.74, 6) is 0. The molecule has 1 aromatic heterocycles. The molecule has 6 heteroatoms. The molecule has 6 nitrogen and oxygen atoms in total. The van der Waals surface area contributed by atoms with Crippen molar-refractivity contribution in [2.24, 2.45) is 0 Å². The van der Waals surface area contributed by atoms with Gasteiger partial charge < -0.3 is 20.6 Å². The molecular weight excluding hydrogens is 304 g/mol. The molecule has 1 saturated heterocycles. The van der Waals surface area contributed by atoms with Crippen molar-refractivity contribution < 1.29 is 9.90 Å². The number of hydrogen-bond donors (Lipinski definition) is 3. The standard InChI is InChI=1S/C18H28N4O2/c23-17(20-15-4-10-19-11-5-15)21-16-6-12-22(13-7-16)14-18(24)8-2-1-3-9-18/h4-5,10-11,16,24H,1-3,6-9,12-14H2,(H2,19,20,21,23). The Morgan fingerprint density at radius 3 is 2.54 bits per heavy atom. The van der Waals surface area contributed by atoms with Gasteiger partial charge in [0.1, 0.15) is 0 Å². The number of likely N-dealkylation sites (tertiary alicyclic amines) is 1.